The molecule has 0 aromatic heterocycles. The average molecular weight is 151 g/mol. The van der Waals surface area contributed by atoms with Crippen LogP contribution < -0.4 is 5.73 Å². The predicted molar refractivity (Wildman–Crippen MR) is 45.0 cm³/mol. The second-order valence-electron chi connectivity index (χ2n) is 4.90. The van der Waals surface area contributed by atoms with Gasteiger partial charge in [-0.25, -0.2) is 0 Å². The maximum absolute atomic E-state index is 5.78. The van der Waals surface area contributed by atoms with Crippen molar-refractivity contribution in [3.05, 3.63) is 0 Å². The van der Waals surface area contributed by atoms with E-state index in [1.165, 1.54) is 19.3 Å². The molecule has 1 nitrogen and oxygen atoms in total. The van der Waals surface area contributed by atoms with Crippen LogP contribution in [-0.2, 0) is 0 Å². The smallest absolute Gasteiger partial charge is 0.00175 e. The summed E-state index contributed by atoms with van der Waals surface area (Å²) in [6.45, 7) is 3.32. The molecule has 1 heteroatoms. The van der Waals surface area contributed by atoms with Crippen LogP contribution in [0.3, 0.4) is 0 Å². The average Bonchev–Trinajstić information content (AvgIpc) is 2.02. The summed E-state index contributed by atoms with van der Waals surface area (Å²) >= 11 is 0. The fraction of sp³-hybridized carbons (Fsp3) is 1.00. The molecule has 3 aliphatic rings. The van der Waals surface area contributed by atoms with E-state index in [1.54, 1.807) is 0 Å². The van der Waals surface area contributed by atoms with Gasteiger partial charge in [-0.05, 0) is 48.5 Å². The van der Waals surface area contributed by atoms with E-state index in [9.17, 15) is 0 Å². The van der Waals surface area contributed by atoms with Crippen LogP contribution in [0.25, 0.3) is 0 Å². The van der Waals surface area contributed by atoms with Crippen molar-refractivity contribution in [2.75, 3.05) is 6.54 Å². The normalized spacial score (nSPS) is 63.8. The maximum Gasteiger partial charge on any atom is -0.00175 e. The maximum atomic E-state index is 5.78. The van der Waals surface area contributed by atoms with Crippen molar-refractivity contribution in [1.29, 1.82) is 0 Å². The Morgan fingerprint density at radius 2 is 2.00 bits per heavy atom. The third-order valence-corrected chi connectivity index (χ3v) is 4.89. The zero-order chi connectivity index (χ0) is 7.64. The molecule has 0 amide bonds. The van der Waals surface area contributed by atoms with Crippen LogP contribution in [0.4, 0.5) is 0 Å². The minimum absolute atomic E-state index is 0.682. The Labute approximate surface area is 68.3 Å². The van der Waals surface area contributed by atoms with E-state index in [-0.39, 0.29) is 0 Å². The second kappa shape index (κ2) is 1.66. The summed E-state index contributed by atoms with van der Waals surface area (Å²) in [5, 5.41) is 0. The van der Waals surface area contributed by atoms with Crippen LogP contribution >= 0.6 is 0 Å². The Morgan fingerprint density at radius 3 is 2.36 bits per heavy atom. The van der Waals surface area contributed by atoms with Gasteiger partial charge in [0, 0.05) is 0 Å². The van der Waals surface area contributed by atoms with Crippen LogP contribution in [0.1, 0.15) is 26.2 Å². The molecule has 3 rings (SSSR count). The summed E-state index contributed by atoms with van der Waals surface area (Å²) in [6, 6.07) is 0. The molecule has 3 saturated carbocycles. The van der Waals surface area contributed by atoms with E-state index in [1.807, 2.05) is 0 Å². The molecule has 62 valence electrons. The Balaban J connectivity index is 1.77. The molecule has 2 unspecified atom stereocenters. The first-order chi connectivity index (χ1) is 5.32. The Bertz CT molecular complexity index is 185. The lowest BCUT2D eigenvalue weighted by Gasteiger charge is -2.79. The molecule has 0 saturated heterocycles. The van der Waals surface area contributed by atoms with Crippen LogP contribution in [-0.4, -0.2) is 6.54 Å². The van der Waals surface area contributed by atoms with Crippen molar-refractivity contribution in [2.45, 2.75) is 26.2 Å². The van der Waals surface area contributed by atoms with Gasteiger partial charge in [0.1, 0.15) is 0 Å². The first kappa shape index (κ1) is 6.47. The number of hydrogen-bond donors (Lipinski definition) is 1. The number of hydrogen-bond acceptors (Lipinski definition) is 1. The Morgan fingerprint density at radius 1 is 1.36 bits per heavy atom. The summed E-state index contributed by atoms with van der Waals surface area (Å²) in [7, 11) is 0. The van der Waals surface area contributed by atoms with E-state index in [0.29, 0.717) is 5.41 Å². The second-order valence-corrected chi connectivity index (χ2v) is 4.90. The highest BCUT2D eigenvalue weighted by molar-refractivity contribution is 5.23. The molecule has 0 aliphatic heterocycles. The Hall–Kier alpha value is -0.0400. The lowest BCUT2D eigenvalue weighted by Crippen LogP contribution is -2.75. The predicted octanol–water partition coefficient (Wildman–Crippen LogP) is 1.63. The van der Waals surface area contributed by atoms with Crippen LogP contribution in [0.5, 0.6) is 0 Å². The van der Waals surface area contributed by atoms with Crippen molar-refractivity contribution in [2.24, 2.45) is 34.8 Å². The minimum atomic E-state index is 0.682. The fourth-order valence-corrected chi connectivity index (χ4v) is 4.37. The molecule has 3 fully saturated rings. The number of nitrogens with two attached hydrogens (primary N) is 1. The summed E-state index contributed by atoms with van der Waals surface area (Å²) in [4.78, 5) is 0. The van der Waals surface area contributed by atoms with E-state index in [2.05, 4.69) is 6.92 Å². The fourth-order valence-electron chi connectivity index (χ4n) is 4.37. The van der Waals surface area contributed by atoms with Crippen molar-refractivity contribution in [3.63, 3.8) is 0 Å². The molecule has 11 heavy (non-hydrogen) atoms. The molecule has 2 atom stereocenters. The summed E-state index contributed by atoms with van der Waals surface area (Å²) in [5.41, 5.74) is 6.46. The molecule has 0 aromatic carbocycles. The van der Waals surface area contributed by atoms with Gasteiger partial charge in [-0.2, -0.15) is 0 Å². The molecule has 0 aromatic rings. The third kappa shape index (κ3) is 0.462. The standard InChI is InChI=1S/C10H17N/c1-2-6-7-3-10(5-11)4-8(6)9(7)10/h6-9H,2-5,11H2,1H3. The topological polar surface area (TPSA) is 26.0 Å². The zero-order valence-corrected chi connectivity index (χ0v) is 7.22. The molecular formula is C10H17N. The molecule has 2 N–H and O–H groups in total. The summed E-state index contributed by atoms with van der Waals surface area (Å²) in [6.07, 6.45) is 4.37. The van der Waals surface area contributed by atoms with Gasteiger partial charge < -0.3 is 5.73 Å². The lowest BCUT2D eigenvalue weighted by molar-refractivity contribution is -0.308. The molecule has 0 bridgehead atoms. The van der Waals surface area contributed by atoms with Gasteiger partial charge in [0.2, 0.25) is 0 Å². The van der Waals surface area contributed by atoms with E-state index in [4.69, 9.17) is 5.73 Å². The lowest BCUT2D eigenvalue weighted by atomic mass is 9.25. The van der Waals surface area contributed by atoms with Crippen molar-refractivity contribution in [1.82, 2.24) is 0 Å². The quantitative estimate of drug-likeness (QED) is 0.637. The summed E-state index contributed by atoms with van der Waals surface area (Å²) in [5.74, 6) is 4.43. The largest absolute Gasteiger partial charge is 0.330 e. The highest BCUT2D eigenvalue weighted by Gasteiger charge is 2.74. The highest BCUT2D eigenvalue weighted by atomic mass is 14.8. The zero-order valence-electron chi connectivity index (χ0n) is 7.22. The molecule has 0 spiro atoms. The van der Waals surface area contributed by atoms with Crippen LogP contribution in [0.15, 0.2) is 0 Å². The SMILES string of the molecule is CCC1C2CC3(CN)CC1C23. The molecular weight excluding hydrogens is 134 g/mol. The van der Waals surface area contributed by atoms with Gasteiger partial charge in [-0.3, -0.25) is 0 Å². The van der Waals surface area contributed by atoms with Gasteiger partial charge in [-0.15, -0.1) is 0 Å². The summed E-state index contributed by atoms with van der Waals surface area (Å²) < 4.78 is 0. The molecule has 3 aliphatic carbocycles. The first-order valence-corrected chi connectivity index (χ1v) is 5.02. The van der Waals surface area contributed by atoms with Gasteiger partial charge in [0.15, 0.2) is 0 Å². The van der Waals surface area contributed by atoms with Crippen molar-refractivity contribution in [3.8, 4) is 0 Å². The van der Waals surface area contributed by atoms with Crippen molar-refractivity contribution >= 4 is 0 Å². The van der Waals surface area contributed by atoms with Crippen LogP contribution in [0, 0.1) is 29.1 Å². The minimum Gasteiger partial charge on any atom is -0.330 e. The van der Waals surface area contributed by atoms with E-state index < -0.39 is 0 Å². The van der Waals surface area contributed by atoms with Crippen molar-refractivity contribution < 1.29 is 0 Å². The monoisotopic (exact) mass is 151 g/mol. The van der Waals surface area contributed by atoms with Gasteiger partial charge >= 0.3 is 0 Å². The van der Waals surface area contributed by atoms with Crippen LogP contribution in [0.2, 0.25) is 0 Å². The molecule has 0 heterocycles. The van der Waals surface area contributed by atoms with Gasteiger partial charge in [0.25, 0.3) is 0 Å². The van der Waals surface area contributed by atoms with Gasteiger partial charge in [0.05, 0.1) is 0 Å². The van der Waals surface area contributed by atoms with Gasteiger partial charge in [-0.1, -0.05) is 13.3 Å². The van der Waals surface area contributed by atoms with E-state index in [0.717, 1.165) is 30.2 Å². The number of rotatable bonds is 2. The molecule has 0 radical (unpaired) electrons. The Kier molecular flexibility index (Phi) is 0.976. The third-order valence-electron chi connectivity index (χ3n) is 4.89. The first-order valence-electron chi connectivity index (χ1n) is 5.02. The highest BCUT2D eigenvalue weighted by Crippen LogP contribution is 2.79. The van der Waals surface area contributed by atoms with E-state index >= 15 is 0 Å².